The van der Waals surface area contributed by atoms with Crippen molar-refractivity contribution in [2.75, 3.05) is 20.1 Å². The van der Waals surface area contributed by atoms with Gasteiger partial charge >= 0.3 is 0 Å². The molecule has 0 saturated carbocycles. The summed E-state index contributed by atoms with van der Waals surface area (Å²) >= 11 is 0. The van der Waals surface area contributed by atoms with Crippen LogP contribution in [0.25, 0.3) is 0 Å². The summed E-state index contributed by atoms with van der Waals surface area (Å²) < 4.78 is 0. The SMILES string of the molecule is CC(=O)O.CN1CCC(N)C1. The van der Waals surface area contributed by atoms with E-state index in [-0.39, 0.29) is 0 Å². The molecule has 1 saturated heterocycles. The number of likely N-dealkylation sites (N-methyl/N-ethyl adjacent to an activating group) is 1. The van der Waals surface area contributed by atoms with Gasteiger partial charge < -0.3 is 15.7 Å². The maximum absolute atomic E-state index is 9.00. The molecule has 1 aliphatic heterocycles. The molecule has 0 spiro atoms. The molecule has 1 fully saturated rings. The summed E-state index contributed by atoms with van der Waals surface area (Å²) in [6.45, 7) is 3.35. The zero-order chi connectivity index (χ0) is 8.85. The number of aliphatic carboxylic acids is 1. The first-order valence-electron chi connectivity index (χ1n) is 3.66. The van der Waals surface area contributed by atoms with E-state index in [0.29, 0.717) is 6.04 Å². The van der Waals surface area contributed by atoms with Gasteiger partial charge in [0.05, 0.1) is 0 Å². The summed E-state index contributed by atoms with van der Waals surface area (Å²) in [5, 5.41) is 7.42. The van der Waals surface area contributed by atoms with E-state index >= 15 is 0 Å². The number of hydrogen-bond acceptors (Lipinski definition) is 3. The van der Waals surface area contributed by atoms with Crippen LogP contribution >= 0.6 is 0 Å². The number of nitrogens with zero attached hydrogens (tertiary/aromatic N) is 1. The zero-order valence-corrected chi connectivity index (χ0v) is 7.08. The van der Waals surface area contributed by atoms with Crippen molar-refractivity contribution in [2.24, 2.45) is 5.73 Å². The summed E-state index contributed by atoms with van der Waals surface area (Å²) in [5.41, 5.74) is 5.58. The van der Waals surface area contributed by atoms with Crippen molar-refractivity contribution in [3.05, 3.63) is 0 Å². The average molecular weight is 160 g/mol. The lowest BCUT2D eigenvalue weighted by Gasteiger charge is -2.03. The molecule has 11 heavy (non-hydrogen) atoms. The Morgan fingerprint density at radius 1 is 1.73 bits per heavy atom. The van der Waals surface area contributed by atoms with Crippen molar-refractivity contribution >= 4 is 5.97 Å². The molecule has 66 valence electrons. The number of carbonyl (C=O) groups is 1. The average Bonchev–Trinajstić information content (AvgIpc) is 2.13. The van der Waals surface area contributed by atoms with Crippen LogP contribution in [0.3, 0.4) is 0 Å². The van der Waals surface area contributed by atoms with Crippen LogP contribution < -0.4 is 5.73 Å². The first kappa shape index (κ1) is 10.4. The quantitative estimate of drug-likeness (QED) is 0.512. The lowest BCUT2D eigenvalue weighted by atomic mass is 10.3. The molecule has 4 heteroatoms. The zero-order valence-electron chi connectivity index (χ0n) is 7.08. The van der Waals surface area contributed by atoms with Crippen molar-refractivity contribution in [3.63, 3.8) is 0 Å². The normalized spacial score (nSPS) is 24.1. The number of nitrogens with two attached hydrogens (primary N) is 1. The second-order valence-electron chi connectivity index (χ2n) is 2.83. The summed E-state index contributed by atoms with van der Waals surface area (Å²) in [4.78, 5) is 11.3. The minimum Gasteiger partial charge on any atom is -0.481 e. The van der Waals surface area contributed by atoms with Gasteiger partial charge in [0, 0.05) is 19.5 Å². The van der Waals surface area contributed by atoms with Crippen molar-refractivity contribution in [3.8, 4) is 0 Å². The van der Waals surface area contributed by atoms with Crippen LogP contribution in [0.4, 0.5) is 0 Å². The van der Waals surface area contributed by atoms with Crippen LogP contribution in [0.2, 0.25) is 0 Å². The molecule has 4 nitrogen and oxygen atoms in total. The van der Waals surface area contributed by atoms with Gasteiger partial charge in [-0.3, -0.25) is 4.79 Å². The van der Waals surface area contributed by atoms with Crippen LogP contribution in [0.5, 0.6) is 0 Å². The number of rotatable bonds is 0. The van der Waals surface area contributed by atoms with E-state index in [9.17, 15) is 0 Å². The second kappa shape index (κ2) is 5.09. The van der Waals surface area contributed by atoms with Gasteiger partial charge in [-0.05, 0) is 20.0 Å². The molecule has 0 aromatic heterocycles. The van der Waals surface area contributed by atoms with Crippen LogP contribution in [0.1, 0.15) is 13.3 Å². The Hall–Kier alpha value is -0.610. The van der Waals surface area contributed by atoms with Crippen LogP contribution in [-0.4, -0.2) is 42.2 Å². The number of hydrogen-bond donors (Lipinski definition) is 2. The summed E-state index contributed by atoms with van der Waals surface area (Å²) in [5.74, 6) is -0.833. The van der Waals surface area contributed by atoms with Crippen LogP contribution in [0, 0.1) is 0 Å². The fraction of sp³-hybridized carbons (Fsp3) is 0.857. The van der Waals surface area contributed by atoms with E-state index in [2.05, 4.69) is 11.9 Å². The molecule has 0 aromatic rings. The highest BCUT2D eigenvalue weighted by molar-refractivity contribution is 5.62. The van der Waals surface area contributed by atoms with Gasteiger partial charge in [0.1, 0.15) is 0 Å². The van der Waals surface area contributed by atoms with Crippen molar-refractivity contribution in [1.82, 2.24) is 4.90 Å². The number of carboxylic acids is 1. The Morgan fingerprint density at radius 2 is 2.18 bits per heavy atom. The summed E-state index contributed by atoms with van der Waals surface area (Å²) in [7, 11) is 2.10. The lowest BCUT2D eigenvalue weighted by Crippen LogP contribution is -2.23. The van der Waals surface area contributed by atoms with Crippen molar-refractivity contribution in [2.45, 2.75) is 19.4 Å². The maximum Gasteiger partial charge on any atom is 0.300 e. The fourth-order valence-electron chi connectivity index (χ4n) is 0.969. The molecule has 0 bridgehead atoms. The Balaban J connectivity index is 0.000000218. The first-order chi connectivity index (χ1) is 5.02. The standard InChI is InChI=1S/C5H12N2.C2H4O2/c1-7-3-2-5(6)4-7;1-2(3)4/h5H,2-4,6H2,1H3;1H3,(H,3,4). The van der Waals surface area contributed by atoms with Gasteiger partial charge in [-0.15, -0.1) is 0 Å². The van der Waals surface area contributed by atoms with Gasteiger partial charge in [0.15, 0.2) is 0 Å². The minimum atomic E-state index is -0.833. The number of likely N-dealkylation sites (tertiary alicyclic amines) is 1. The molecule has 3 N–H and O–H groups in total. The second-order valence-corrected chi connectivity index (χ2v) is 2.83. The molecule has 1 unspecified atom stereocenters. The van der Waals surface area contributed by atoms with Crippen molar-refractivity contribution < 1.29 is 9.90 Å². The molecule has 1 rings (SSSR count). The Morgan fingerprint density at radius 3 is 2.27 bits per heavy atom. The van der Waals surface area contributed by atoms with E-state index in [0.717, 1.165) is 13.5 Å². The molecular weight excluding hydrogens is 144 g/mol. The van der Waals surface area contributed by atoms with E-state index in [1.165, 1.54) is 13.0 Å². The third kappa shape index (κ3) is 7.29. The first-order valence-corrected chi connectivity index (χ1v) is 3.66. The topological polar surface area (TPSA) is 66.6 Å². The lowest BCUT2D eigenvalue weighted by molar-refractivity contribution is -0.134. The molecule has 0 amide bonds. The Kier molecular flexibility index (Phi) is 4.81. The Bertz CT molecular complexity index is 116. The molecular formula is C7H16N2O2. The van der Waals surface area contributed by atoms with E-state index in [1.807, 2.05) is 0 Å². The van der Waals surface area contributed by atoms with E-state index in [1.54, 1.807) is 0 Å². The summed E-state index contributed by atoms with van der Waals surface area (Å²) in [6.07, 6.45) is 1.18. The predicted molar refractivity (Wildman–Crippen MR) is 43.4 cm³/mol. The molecule has 0 aliphatic carbocycles. The van der Waals surface area contributed by atoms with Crippen LogP contribution in [-0.2, 0) is 4.79 Å². The van der Waals surface area contributed by atoms with Gasteiger partial charge in [0.25, 0.3) is 5.97 Å². The highest BCUT2D eigenvalue weighted by Crippen LogP contribution is 2.01. The third-order valence-electron chi connectivity index (χ3n) is 1.43. The molecule has 1 heterocycles. The highest BCUT2D eigenvalue weighted by atomic mass is 16.4. The predicted octanol–water partition coefficient (Wildman–Crippen LogP) is -0.260. The molecule has 0 aromatic carbocycles. The molecule has 0 radical (unpaired) electrons. The van der Waals surface area contributed by atoms with Crippen LogP contribution in [0.15, 0.2) is 0 Å². The van der Waals surface area contributed by atoms with Gasteiger partial charge in [-0.1, -0.05) is 0 Å². The monoisotopic (exact) mass is 160 g/mol. The van der Waals surface area contributed by atoms with Gasteiger partial charge in [0.2, 0.25) is 0 Å². The van der Waals surface area contributed by atoms with E-state index in [4.69, 9.17) is 15.6 Å². The minimum absolute atomic E-state index is 0.449. The molecule has 1 atom stereocenters. The summed E-state index contributed by atoms with van der Waals surface area (Å²) in [6, 6.07) is 0.449. The Labute approximate surface area is 67.0 Å². The van der Waals surface area contributed by atoms with Crippen molar-refractivity contribution in [1.29, 1.82) is 0 Å². The van der Waals surface area contributed by atoms with Gasteiger partial charge in [-0.25, -0.2) is 0 Å². The largest absolute Gasteiger partial charge is 0.481 e. The fourth-order valence-corrected chi connectivity index (χ4v) is 0.969. The highest BCUT2D eigenvalue weighted by Gasteiger charge is 2.13. The maximum atomic E-state index is 9.00. The third-order valence-corrected chi connectivity index (χ3v) is 1.43. The van der Waals surface area contributed by atoms with Gasteiger partial charge in [-0.2, -0.15) is 0 Å². The van der Waals surface area contributed by atoms with E-state index < -0.39 is 5.97 Å². The number of carboxylic acid groups (broad SMARTS) is 1. The molecule has 1 aliphatic rings. The smallest absolute Gasteiger partial charge is 0.300 e.